The van der Waals surface area contributed by atoms with Crippen LogP contribution in [-0.2, 0) is 19.1 Å². The fraction of sp³-hybridized carbons (Fsp3) is 0.233. The number of imide groups is 1. The summed E-state index contributed by atoms with van der Waals surface area (Å²) >= 11 is 0. The molecule has 6 nitrogen and oxygen atoms in total. The van der Waals surface area contributed by atoms with Gasteiger partial charge < -0.3 is 4.74 Å². The molecule has 4 atom stereocenters. The summed E-state index contributed by atoms with van der Waals surface area (Å²) in [5, 5.41) is 0. The first-order valence-corrected chi connectivity index (χ1v) is 12.2. The fourth-order valence-corrected chi connectivity index (χ4v) is 5.45. The lowest BCUT2D eigenvalue weighted by molar-refractivity contribution is -0.151. The van der Waals surface area contributed by atoms with Crippen LogP contribution in [0.1, 0.15) is 18.1 Å². The van der Waals surface area contributed by atoms with Gasteiger partial charge in [-0.25, -0.2) is 4.90 Å². The molecule has 0 unspecified atom stereocenters. The molecule has 0 saturated carbocycles. The largest absolute Gasteiger partial charge is 0.465 e. The molecule has 2 heterocycles. The highest BCUT2D eigenvalue weighted by atomic mass is 16.5. The van der Waals surface area contributed by atoms with Gasteiger partial charge in [0.05, 0.1) is 24.1 Å². The number of carbonyl (C=O) groups excluding carboxylic acids is 3. The number of likely N-dealkylation sites (tertiary alicyclic amines) is 1. The quantitative estimate of drug-likeness (QED) is 0.391. The Bertz CT molecular complexity index is 1250. The number of anilines is 1. The molecule has 0 radical (unpaired) electrons. The second-order valence-electron chi connectivity index (χ2n) is 9.06. The number of nitrogens with zero attached hydrogens (tertiary/aromatic N) is 2. The molecule has 2 saturated heterocycles. The summed E-state index contributed by atoms with van der Waals surface area (Å²) in [6.07, 6.45) is 2.03. The Morgan fingerprint density at radius 1 is 0.806 bits per heavy atom. The molecule has 0 aliphatic carbocycles. The lowest BCUT2D eigenvalue weighted by atomic mass is 9.87. The molecule has 0 bridgehead atoms. The Balaban J connectivity index is 1.64. The maximum Gasteiger partial charge on any atom is 0.324 e. The Kier molecular flexibility index (Phi) is 6.53. The highest BCUT2D eigenvalue weighted by molar-refractivity contribution is 6.23. The predicted molar refractivity (Wildman–Crippen MR) is 138 cm³/mol. The molecule has 3 aromatic rings. The van der Waals surface area contributed by atoms with Gasteiger partial charge in [-0.1, -0.05) is 84.9 Å². The Labute approximate surface area is 210 Å². The van der Waals surface area contributed by atoms with E-state index in [1.54, 1.807) is 38.2 Å². The number of amides is 2. The van der Waals surface area contributed by atoms with Gasteiger partial charge in [-0.2, -0.15) is 0 Å². The van der Waals surface area contributed by atoms with Gasteiger partial charge in [0.1, 0.15) is 6.04 Å². The van der Waals surface area contributed by atoms with E-state index in [-0.39, 0.29) is 18.4 Å². The molecule has 2 aliphatic rings. The van der Waals surface area contributed by atoms with E-state index in [4.69, 9.17) is 4.74 Å². The third-order valence-electron chi connectivity index (χ3n) is 7.06. The third-order valence-corrected chi connectivity index (χ3v) is 7.06. The molecule has 2 fully saturated rings. The molecule has 2 amide bonds. The van der Waals surface area contributed by atoms with Crippen LogP contribution >= 0.6 is 0 Å². The molecule has 36 heavy (non-hydrogen) atoms. The van der Waals surface area contributed by atoms with Crippen molar-refractivity contribution in [2.45, 2.75) is 19.0 Å². The van der Waals surface area contributed by atoms with Crippen LogP contribution in [0.25, 0.3) is 5.57 Å². The van der Waals surface area contributed by atoms with Gasteiger partial charge in [0.2, 0.25) is 11.8 Å². The maximum absolute atomic E-state index is 13.8. The summed E-state index contributed by atoms with van der Waals surface area (Å²) in [5.74, 6) is -2.67. The van der Waals surface area contributed by atoms with E-state index in [0.717, 1.165) is 16.7 Å². The SMILES string of the molecule is CCOC(=O)[C@H]1[C@H]2C(=O)N(c3ccccc3)C(=O)[C@H]2[C@@H](C=C(c2ccccc2)c2ccccc2)N1C. The van der Waals surface area contributed by atoms with Crippen molar-refractivity contribution in [3.05, 3.63) is 108 Å². The minimum atomic E-state index is -0.853. The smallest absolute Gasteiger partial charge is 0.324 e. The zero-order valence-electron chi connectivity index (χ0n) is 20.3. The second kappa shape index (κ2) is 9.91. The minimum Gasteiger partial charge on any atom is -0.465 e. The van der Waals surface area contributed by atoms with Gasteiger partial charge in [0, 0.05) is 6.04 Å². The first-order chi connectivity index (χ1) is 17.5. The van der Waals surface area contributed by atoms with Crippen molar-refractivity contribution in [2.75, 3.05) is 18.6 Å². The van der Waals surface area contributed by atoms with E-state index < -0.39 is 29.9 Å². The van der Waals surface area contributed by atoms with Crippen molar-refractivity contribution in [1.82, 2.24) is 4.90 Å². The third kappa shape index (κ3) is 4.03. The number of para-hydroxylation sites is 1. The van der Waals surface area contributed by atoms with Crippen LogP contribution in [0.15, 0.2) is 97.1 Å². The molecule has 182 valence electrons. The summed E-state index contributed by atoms with van der Waals surface area (Å²) in [6.45, 7) is 1.94. The number of ether oxygens (including phenoxy) is 1. The number of fused-ring (bicyclic) bond motifs is 1. The van der Waals surface area contributed by atoms with Crippen LogP contribution < -0.4 is 4.90 Å². The summed E-state index contributed by atoms with van der Waals surface area (Å²) in [7, 11) is 1.79. The zero-order chi connectivity index (χ0) is 25.2. The Morgan fingerprint density at radius 2 is 1.31 bits per heavy atom. The molecule has 6 heteroatoms. The normalized spacial score (nSPS) is 23.4. The van der Waals surface area contributed by atoms with Crippen molar-refractivity contribution in [3.8, 4) is 0 Å². The van der Waals surface area contributed by atoms with Crippen LogP contribution in [0.5, 0.6) is 0 Å². The molecule has 0 spiro atoms. The van der Waals surface area contributed by atoms with Crippen LogP contribution in [0.2, 0.25) is 0 Å². The Hall–Kier alpha value is -4.03. The van der Waals surface area contributed by atoms with Crippen molar-refractivity contribution in [1.29, 1.82) is 0 Å². The molecule has 5 rings (SSSR count). The van der Waals surface area contributed by atoms with Crippen molar-refractivity contribution < 1.29 is 19.1 Å². The summed E-state index contributed by atoms with van der Waals surface area (Å²) in [5.41, 5.74) is 3.44. The number of likely N-dealkylation sites (N-methyl/N-ethyl adjacent to an activating group) is 1. The van der Waals surface area contributed by atoms with Crippen molar-refractivity contribution >= 4 is 29.0 Å². The van der Waals surface area contributed by atoms with Gasteiger partial charge >= 0.3 is 5.97 Å². The molecule has 0 aromatic heterocycles. The molecular weight excluding hydrogens is 452 g/mol. The zero-order valence-corrected chi connectivity index (χ0v) is 20.3. The highest BCUT2D eigenvalue weighted by Crippen LogP contribution is 2.45. The van der Waals surface area contributed by atoms with Crippen LogP contribution in [0, 0.1) is 11.8 Å². The number of carbonyl (C=O) groups is 3. The van der Waals surface area contributed by atoms with E-state index in [2.05, 4.69) is 0 Å². The van der Waals surface area contributed by atoms with E-state index in [1.807, 2.05) is 77.7 Å². The fourth-order valence-electron chi connectivity index (χ4n) is 5.45. The number of rotatable bonds is 6. The molecule has 0 N–H and O–H groups in total. The van der Waals surface area contributed by atoms with Crippen molar-refractivity contribution in [2.24, 2.45) is 11.8 Å². The average molecular weight is 481 g/mol. The summed E-state index contributed by atoms with van der Waals surface area (Å²) in [6, 6.07) is 27.4. The van der Waals surface area contributed by atoms with Gasteiger partial charge in [0.25, 0.3) is 0 Å². The topological polar surface area (TPSA) is 66.9 Å². The predicted octanol–water partition coefficient (Wildman–Crippen LogP) is 4.17. The lowest BCUT2D eigenvalue weighted by Crippen LogP contribution is -2.46. The number of esters is 1. The molecular formula is C30H28N2O4. The molecule has 3 aromatic carbocycles. The van der Waals surface area contributed by atoms with Gasteiger partial charge in [-0.15, -0.1) is 0 Å². The number of benzene rings is 3. The Morgan fingerprint density at radius 3 is 1.83 bits per heavy atom. The first-order valence-electron chi connectivity index (χ1n) is 12.2. The van der Waals surface area contributed by atoms with E-state index in [1.165, 1.54) is 4.90 Å². The van der Waals surface area contributed by atoms with Crippen LogP contribution in [0.3, 0.4) is 0 Å². The average Bonchev–Trinajstić information content (AvgIpc) is 3.34. The monoisotopic (exact) mass is 480 g/mol. The standard InChI is InChI=1S/C30H28N2O4/c1-3-36-30(35)27-26-25(28(33)32(29(26)34)22-17-11-6-12-18-22)24(31(27)2)19-23(20-13-7-4-8-14-20)21-15-9-5-10-16-21/h4-19,24-27H,3H2,1-2H3/t24-,25+,26+,27-/m1/s1. The van der Waals surface area contributed by atoms with Gasteiger partial charge in [0.15, 0.2) is 0 Å². The van der Waals surface area contributed by atoms with Crippen LogP contribution in [-0.4, -0.2) is 48.4 Å². The van der Waals surface area contributed by atoms with E-state index in [0.29, 0.717) is 5.69 Å². The van der Waals surface area contributed by atoms with Crippen LogP contribution in [0.4, 0.5) is 5.69 Å². The van der Waals surface area contributed by atoms with E-state index >= 15 is 0 Å². The van der Waals surface area contributed by atoms with E-state index in [9.17, 15) is 14.4 Å². The highest BCUT2D eigenvalue weighted by Gasteiger charge is 2.63. The van der Waals surface area contributed by atoms with Gasteiger partial charge in [-0.3, -0.25) is 19.3 Å². The maximum atomic E-state index is 13.8. The van der Waals surface area contributed by atoms with Gasteiger partial charge in [-0.05, 0) is 42.8 Å². The minimum absolute atomic E-state index is 0.199. The van der Waals surface area contributed by atoms with Crippen molar-refractivity contribution in [3.63, 3.8) is 0 Å². The first kappa shape index (κ1) is 23.7. The number of hydrogen-bond donors (Lipinski definition) is 0. The second-order valence-corrected chi connectivity index (χ2v) is 9.06. The lowest BCUT2D eigenvalue weighted by Gasteiger charge is -2.28. The number of hydrogen-bond acceptors (Lipinski definition) is 5. The molecule has 2 aliphatic heterocycles. The summed E-state index contributed by atoms with van der Waals surface area (Å²) in [4.78, 5) is 43.7. The summed E-state index contributed by atoms with van der Waals surface area (Å²) < 4.78 is 5.37.